The van der Waals surface area contributed by atoms with Gasteiger partial charge in [-0.05, 0) is 19.1 Å². The Kier molecular flexibility index (Phi) is 4.74. The first-order chi connectivity index (χ1) is 9.60. The van der Waals surface area contributed by atoms with Crippen molar-refractivity contribution in [2.75, 3.05) is 39.8 Å². The van der Waals surface area contributed by atoms with Crippen LogP contribution in [0.25, 0.3) is 0 Å². The Hall–Kier alpha value is -1.88. The Bertz CT molecular complexity index is 476. The van der Waals surface area contributed by atoms with Crippen LogP contribution in [0.4, 0.5) is 0 Å². The van der Waals surface area contributed by atoms with Crippen LogP contribution in [0, 0.1) is 6.92 Å². The van der Waals surface area contributed by atoms with Crippen LogP contribution in [0.1, 0.15) is 15.9 Å². The van der Waals surface area contributed by atoms with Gasteiger partial charge in [0.25, 0.3) is 5.91 Å². The fourth-order valence-electron chi connectivity index (χ4n) is 2.27. The second-order valence-electron chi connectivity index (χ2n) is 5.11. The van der Waals surface area contributed by atoms with Gasteiger partial charge in [0.15, 0.2) is 0 Å². The van der Waals surface area contributed by atoms with E-state index < -0.39 is 0 Å². The third-order valence-corrected chi connectivity index (χ3v) is 3.60. The molecule has 1 saturated heterocycles. The highest BCUT2D eigenvalue weighted by molar-refractivity contribution is 5.94. The van der Waals surface area contributed by atoms with Gasteiger partial charge < -0.3 is 10.2 Å². The van der Waals surface area contributed by atoms with Crippen LogP contribution in [0.2, 0.25) is 0 Å². The van der Waals surface area contributed by atoms with Gasteiger partial charge in [0.05, 0.1) is 6.54 Å². The lowest BCUT2D eigenvalue weighted by atomic mass is 10.1. The highest BCUT2D eigenvalue weighted by Crippen LogP contribution is 2.10. The molecule has 1 aromatic rings. The number of hydrogen-bond acceptors (Lipinski definition) is 3. The summed E-state index contributed by atoms with van der Waals surface area (Å²) >= 11 is 0. The molecule has 0 spiro atoms. The highest BCUT2D eigenvalue weighted by Gasteiger charge is 2.22. The first-order valence-corrected chi connectivity index (χ1v) is 6.89. The Balaban J connectivity index is 1.88. The van der Waals surface area contributed by atoms with Crippen molar-refractivity contribution in [1.82, 2.24) is 15.1 Å². The van der Waals surface area contributed by atoms with E-state index in [4.69, 9.17) is 0 Å². The second-order valence-corrected chi connectivity index (χ2v) is 5.11. The number of nitrogens with one attached hydrogen (secondary N) is 1. The number of hydrogen-bond donors (Lipinski definition) is 1. The van der Waals surface area contributed by atoms with Gasteiger partial charge >= 0.3 is 0 Å². The summed E-state index contributed by atoms with van der Waals surface area (Å²) in [5.74, 6) is 0.0907. The summed E-state index contributed by atoms with van der Waals surface area (Å²) in [6.45, 7) is 5.23. The van der Waals surface area contributed by atoms with Crippen molar-refractivity contribution < 1.29 is 9.59 Å². The molecule has 1 aliphatic rings. The van der Waals surface area contributed by atoms with Crippen molar-refractivity contribution in [2.45, 2.75) is 6.92 Å². The zero-order valence-corrected chi connectivity index (χ0v) is 12.1. The van der Waals surface area contributed by atoms with Gasteiger partial charge in [-0.1, -0.05) is 17.7 Å². The van der Waals surface area contributed by atoms with Gasteiger partial charge in [-0.15, -0.1) is 0 Å². The van der Waals surface area contributed by atoms with Crippen molar-refractivity contribution in [2.24, 2.45) is 0 Å². The predicted octanol–water partition coefficient (Wildman–Crippen LogP) is 0.499. The van der Waals surface area contributed by atoms with E-state index in [-0.39, 0.29) is 11.8 Å². The molecule has 20 heavy (non-hydrogen) atoms. The minimum absolute atomic E-state index is 0.0170. The molecule has 5 nitrogen and oxygen atoms in total. The molecule has 0 saturated carbocycles. The van der Waals surface area contributed by atoms with Crippen LogP contribution >= 0.6 is 0 Å². The minimum Gasteiger partial charge on any atom is -0.358 e. The molecule has 2 amide bonds. The number of piperazine rings is 1. The van der Waals surface area contributed by atoms with Crippen LogP contribution in [0.5, 0.6) is 0 Å². The molecule has 1 aromatic carbocycles. The normalized spacial score (nSPS) is 16.0. The van der Waals surface area contributed by atoms with Crippen molar-refractivity contribution >= 4 is 11.8 Å². The van der Waals surface area contributed by atoms with Crippen molar-refractivity contribution in [1.29, 1.82) is 0 Å². The molecule has 0 unspecified atom stereocenters. The van der Waals surface area contributed by atoms with Gasteiger partial charge in [0, 0.05) is 38.8 Å². The van der Waals surface area contributed by atoms with Crippen molar-refractivity contribution in [3.05, 3.63) is 35.4 Å². The number of likely N-dealkylation sites (N-methyl/N-ethyl adjacent to an activating group) is 1. The molecule has 2 rings (SSSR count). The van der Waals surface area contributed by atoms with Gasteiger partial charge in [-0.3, -0.25) is 14.5 Å². The number of aryl methyl sites for hydroxylation is 1. The molecule has 0 aromatic heterocycles. The van der Waals surface area contributed by atoms with Gasteiger partial charge in [-0.2, -0.15) is 0 Å². The predicted molar refractivity (Wildman–Crippen MR) is 77.6 cm³/mol. The number of nitrogens with zero attached hydrogens (tertiary/aromatic N) is 2. The van der Waals surface area contributed by atoms with Crippen LogP contribution in [0.3, 0.4) is 0 Å². The summed E-state index contributed by atoms with van der Waals surface area (Å²) < 4.78 is 0. The van der Waals surface area contributed by atoms with Gasteiger partial charge in [0.2, 0.25) is 5.91 Å². The maximum atomic E-state index is 12.3. The zero-order chi connectivity index (χ0) is 14.5. The molecule has 1 N–H and O–H groups in total. The number of rotatable bonds is 3. The Morgan fingerprint density at radius 2 is 1.70 bits per heavy atom. The number of benzene rings is 1. The topological polar surface area (TPSA) is 52.7 Å². The zero-order valence-electron chi connectivity index (χ0n) is 12.1. The molecule has 1 fully saturated rings. The lowest BCUT2D eigenvalue weighted by molar-refractivity contribution is -0.122. The van der Waals surface area contributed by atoms with Crippen LogP contribution in [0.15, 0.2) is 24.3 Å². The third kappa shape index (κ3) is 3.57. The average Bonchev–Trinajstić information content (AvgIpc) is 2.48. The van der Waals surface area contributed by atoms with E-state index >= 15 is 0 Å². The quantitative estimate of drug-likeness (QED) is 0.874. The first kappa shape index (κ1) is 14.5. The minimum atomic E-state index is 0.0170. The largest absolute Gasteiger partial charge is 0.358 e. The molecule has 5 heteroatoms. The average molecular weight is 275 g/mol. The molecule has 0 atom stereocenters. The van der Waals surface area contributed by atoms with Crippen molar-refractivity contribution in [3.8, 4) is 0 Å². The fourth-order valence-corrected chi connectivity index (χ4v) is 2.27. The molecule has 1 heterocycles. The summed E-state index contributed by atoms with van der Waals surface area (Å²) in [7, 11) is 1.64. The first-order valence-electron chi connectivity index (χ1n) is 6.89. The summed E-state index contributed by atoms with van der Waals surface area (Å²) in [6.07, 6.45) is 0. The molecular weight excluding hydrogens is 254 g/mol. The molecule has 108 valence electrons. The van der Waals surface area contributed by atoms with E-state index in [1.54, 1.807) is 7.05 Å². The van der Waals surface area contributed by atoms with E-state index in [9.17, 15) is 9.59 Å². The fraction of sp³-hybridized carbons (Fsp3) is 0.467. The molecule has 0 radical (unpaired) electrons. The molecular formula is C15H21N3O2. The Labute approximate surface area is 119 Å². The lowest BCUT2D eigenvalue weighted by Crippen LogP contribution is -2.50. The van der Waals surface area contributed by atoms with E-state index in [1.165, 1.54) is 0 Å². The Morgan fingerprint density at radius 3 is 2.25 bits per heavy atom. The maximum Gasteiger partial charge on any atom is 0.253 e. The van der Waals surface area contributed by atoms with Crippen LogP contribution in [-0.4, -0.2) is 61.4 Å². The van der Waals surface area contributed by atoms with E-state index in [2.05, 4.69) is 10.2 Å². The monoisotopic (exact) mass is 275 g/mol. The summed E-state index contributed by atoms with van der Waals surface area (Å²) in [5, 5.41) is 2.62. The van der Waals surface area contributed by atoms with E-state index in [1.807, 2.05) is 36.1 Å². The van der Waals surface area contributed by atoms with Crippen molar-refractivity contribution in [3.63, 3.8) is 0 Å². The molecule has 0 bridgehead atoms. The van der Waals surface area contributed by atoms with Crippen LogP contribution < -0.4 is 5.32 Å². The standard InChI is InChI=1S/C15H21N3O2/c1-12-3-5-13(6-4-12)15(20)18-9-7-17(8-10-18)11-14(19)16-2/h3-6H,7-11H2,1-2H3,(H,16,19). The molecule has 0 aliphatic carbocycles. The number of amides is 2. The summed E-state index contributed by atoms with van der Waals surface area (Å²) in [6, 6.07) is 7.65. The lowest BCUT2D eigenvalue weighted by Gasteiger charge is -2.34. The van der Waals surface area contributed by atoms with Gasteiger partial charge in [-0.25, -0.2) is 0 Å². The second kappa shape index (κ2) is 6.52. The third-order valence-electron chi connectivity index (χ3n) is 3.60. The summed E-state index contributed by atoms with van der Waals surface area (Å²) in [4.78, 5) is 27.6. The maximum absolute atomic E-state index is 12.3. The SMILES string of the molecule is CNC(=O)CN1CCN(C(=O)c2ccc(C)cc2)CC1. The van der Waals surface area contributed by atoms with Crippen LogP contribution in [-0.2, 0) is 4.79 Å². The highest BCUT2D eigenvalue weighted by atomic mass is 16.2. The van der Waals surface area contributed by atoms with E-state index in [0.29, 0.717) is 19.6 Å². The number of carbonyl (C=O) groups is 2. The smallest absolute Gasteiger partial charge is 0.253 e. The Morgan fingerprint density at radius 1 is 1.10 bits per heavy atom. The van der Waals surface area contributed by atoms with Gasteiger partial charge in [0.1, 0.15) is 0 Å². The van der Waals surface area contributed by atoms with E-state index in [0.717, 1.165) is 24.2 Å². The summed E-state index contributed by atoms with van der Waals surface area (Å²) in [5.41, 5.74) is 1.88. The number of carbonyl (C=O) groups excluding carboxylic acids is 2. The molecule has 1 aliphatic heterocycles.